The second kappa shape index (κ2) is 11.2. The lowest BCUT2D eigenvalue weighted by Gasteiger charge is -2.25. The van der Waals surface area contributed by atoms with Crippen LogP contribution in [0.1, 0.15) is 0 Å². The molecular formula is C42H27N5. The van der Waals surface area contributed by atoms with Gasteiger partial charge in [-0.25, -0.2) is 9.97 Å². The van der Waals surface area contributed by atoms with Crippen LogP contribution in [-0.4, -0.2) is 19.9 Å². The number of fused-ring (bicyclic) bond motifs is 7. The van der Waals surface area contributed by atoms with Crippen molar-refractivity contribution < 1.29 is 0 Å². The van der Waals surface area contributed by atoms with Crippen LogP contribution < -0.4 is 4.90 Å². The molecule has 0 saturated carbocycles. The van der Waals surface area contributed by atoms with E-state index in [1.807, 2.05) is 30.3 Å². The minimum absolute atomic E-state index is 0.843. The molecule has 47 heavy (non-hydrogen) atoms. The molecule has 6 aromatic carbocycles. The van der Waals surface area contributed by atoms with Crippen molar-refractivity contribution in [3.63, 3.8) is 0 Å². The topological polar surface area (TPSA) is 54.8 Å². The first-order valence-corrected chi connectivity index (χ1v) is 15.6. The molecule has 9 aromatic rings. The highest BCUT2D eigenvalue weighted by Gasteiger charge is 2.15. The molecule has 0 atom stereocenters. The van der Waals surface area contributed by atoms with E-state index in [4.69, 9.17) is 9.97 Å². The first kappa shape index (κ1) is 26.9. The standard InChI is InChI=1S/C42H27N5/c1-3-9-32(10-4-1)47(33-11-5-2-6-12-33)34-22-19-29(20-23-34)28-15-17-30(18-16-28)31-21-24-37-38(27-31)46-42-36-14-8-26-44-40(36)39-35(41(42)45-37)13-7-25-43-39/h1-27H. The van der Waals surface area contributed by atoms with Gasteiger partial charge in [-0.1, -0.05) is 78.9 Å². The summed E-state index contributed by atoms with van der Waals surface area (Å²) in [6, 6.07) is 52.7. The summed E-state index contributed by atoms with van der Waals surface area (Å²) < 4.78 is 0. The highest BCUT2D eigenvalue weighted by molar-refractivity contribution is 6.21. The minimum atomic E-state index is 0.843. The third-order valence-corrected chi connectivity index (χ3v) is 8.72. The smallest absolute Gasteiger partial charge is 0.0996 e. The second-order valence-electron chi connectivity index (χ2n) is 11.6. The molecule has 5 heteroatoms. The van der Waals surface area contributed by atoms with Crippen molar-refractivity contribution in [2.45, 2.75) is 0 Å². The molecule has 0 unspecified atom stereocenters. The molecule has 0 aliphatic rings. The van der Waals surface area contributed by atoms with Crippen LogP contribution in [0.25, 0.3) is 66.1 Å². The van der Waals surface area contributed by atoms with Gasteiger partial charge in [0.2, 0.25) is 0 Å². The van der Waals surface area contributed by atoms with Gasteiger partial charge in [-0.3, -0.25) is 9.97 Å². The van der Waals surface area contributed by atoms with Gasteiger partial charge in [-0.05, 0) is 95.1 Å². The van der Waals surface area contributed by atoms with Crippen molar-refractivity contribution in [2.75, 3.05) is 4.90 Å². The Morgan fingerprint density at radius 2 is 0.787 bits per heavy atom. The van der Waals surface area contributed by atoms with Crippen LogP contribution in [0.2, 0.25) is 0 Å². The highest BCUT2D eigenvalue weighted by Crippen LogP contribution is 2.36. The van der Waals surface area contributed by atoms with Crippen LogP contribution in [0.3, 0.4) is 0 Å². The Balaban J connectivity index is 1.05. The summed E-state index contributed by atoms with van der Waals surface area (Å²) in [5.41, 5.74) is 13.0. The van der Waals surface area contributed by atoms with Gasteiger partial charge in [0.1, 0.15) is 0 Å². The Morgan fingerprint density at radius 1 is 0.340 bits per heavy atom. The summed E-state index contributed by atoms with van der Waals surface area (Å²) in [6.45, 7) is 0. The predicted octanol–water partition coefficient (Wildman–Crippen LogP) is 10.7. The molecule has 0 spiro atoms. The molecule has 5 nitrogen and oxygen atoms in total. The molecule has 9 rings (SSSR count). The van der Waals surface area contributed by atoms with Crippen LogP contribution in [0.5, 0.6) is 0 Å². The molecule has 0 amide bonds. The Bertz CT molecular complexity index is 2510. The molecule has 0 bridgehead atoms. The Kier molecular flexibility index (Phi) is 6.39. The number of nitrogens with zero attached hydrogens (tertiary/aromatic N) is 5. The van der Waals surface area contributed by atoms with Crippen LogP contribution in [-0.2, 0) is 0 Å². The fourth-order valence-corrected chi connectivity index (χ4v) is 6.44. The third kappa shape index (κ3) is 4.73. The van der Waals surface area contributed by atoms with Gasteiger partial charge in [-0.15, -0.1) is 0 Å². The summed E-state index contributed by atoms with van der Waals surface area (Å²) >= 11 is 0. The second-order valence-corrected chi connectivity index (χ2v) is 11.6. The molecule has 3 aromatic heterocycles. The predicted molar refractivity (Wildman–Crippen MR) is 193 cm³/mol. The van der Waals surface area contributed by atoms with E-state index in [1.54, 1.807) is 12.4 Å². The summed E-state index contributed by atoms with van der Waals surface area (Å²) in [7, 11) is 0. The number of hydrogen-bond donors (Lipinski definition) is 0. The van der Waals surface area contributed by atoms with Crippen molar-refractivity contribution in [2.24, 2.45) is 0 Å². The lowest BCUT2D eigenvalue weighted by molar-refractivity contribution is 1.28. The van der Waals surface area contributed by atoms with Crippen LogP contribution in [0, 0.1) is 0 Å². The Hall–Kier alpha value is -6.46. The fourth-order valence-electron chi connectivity index (χ4n) is 6.44. The van der Waals surface area contributed by atoms with Crippen molar-refractivity contribution in [3.05, 3.63) is 164 Å². The maximum Gasteiger partial charge on any atom is 0.0996 e. The number of pyridine rings is 2. The number of anilines is 3. The van der Waals surface area contributed by atoms with Crippen LogP contribution in [0.4, 0.5) is 17.1 Å². The molecule has 0 fully saturated rings. The molecule has 0 N–H and O–H groups in total. The van der Waals surface area contributed by atoms with E-state index < -0.39 is 0 Å². The normalized spacial score (nSPS) is 11.4. The third-order valence-electron chi connectivity index (χ3n) is 8.72. The maximum absolute atomic E-state index is 5.14. The van der Waals surface area contributed by atoms with Crippen molar-refractivity contribution in [3.8, 4) is 22.3 Å². The number of aromatic nitrogens is 4. The van der Waals surface area contributed by atoms with Gasteiger partial charge in [0.25, 0.3) is 0 Å². The van der Waals surface area contributed by atoms with Crippen molar-refractivity contribution >= 4 is 60.9 Å². The molecule has 0 aliphatic carbocycles. The van der Waals surface area contributed by atoms with E-state index in [0.29, 0.717) is 0 Å². The molecule has 0 radical (unpaired) electrons. The van der Waals surface area contributed by atoms with Crippen molar-refractivity contribution in [1.29, 1.82) is 0 Å². The molecule has 0 saturated heterocycles. The molecular weight excluding hydrogens is 574 g/mol. The van der Waals surface area contributed by atoms with Gasteiger partial charge in [0.15, 0.2) is 0 Å². The molecule has 220 valence electrons. The van der Waals surface area contributed by atoms with Crippen LogP contribution >= 0.6 is 0 Å². The summed E-state index contributed by atoms with van der Waals surface area (Å²) in [6.07, 6.45) is 3.60. The number of benzene rings is 6. The first-order chi connectivity index (χ1) is 23.3. The summed E-state index contributed by atoms with van der Waals surface area (Å²) in [5, 5.41) is 1.92. The summed E-state index contributed by atoms with van der Waals surface area (Å²) in [4.78, 5) is 21.8. The SMILES string of the molecule is c1ccc(N(c2ccccc2)c2ccc(-c3ccc(-c4ccc5nc6c7cccnc7c7ncccc7c6nc5c4)cc3)cc2)cc1. The average Bonchev–Trinajstić information content (AvgIpc) is 3.15. The molecule has 0 aliphatic heterocycles. The first-order valence-electron chi connectivity index (χ1n) is 15.6. The summed E-state index contributed by atoms with van der Waals surface area (Å²) in [5.74, 6) is 0. The largest absolute Gasteiger partial charge is 0.311 e. The molecule has 3 heterocycles. The number of hydrogen-bond acceptors (Lipinski definition) is 5. The monoisotopic (exact) mass is 601 g/mol. The quantitative estimate of drug-likeness (QED) is 0.145. The Labute approximate surface area is 271 Å². The number of para-hydroxylation sites is 2. The number of rotatable bonds is 5. The van der Waals surface area contributed by atoms with Gasteiger partial charge in [0, 0.05) is 40.2 Å². The van der Waals surface area contributed by atoms with E-state index in [1.165, 1.54) is 5.56 Å². The highest BCUT2D eigenvalue weighted by atomic mass is 15.1. The zero-order valence-electron chi connectivity index (χ0n) is 25.3. The fraction of sp³-hybridized carbons (Fsp3) is 0. The van der Waals surface area contributed by atoms with Crippen LogP contribution in [0.15, 0.2) is 164 Å². The maximum atomic E-state index is 5.14. The zero-order chi connectivity index (χ0) is 31.2. The lowest BCUT2D eigenvalue weighted by atomic mass is 9.99. The zero-order valence-corrected chi connectivity index (χ0v) is 25.3. The van der Waals surface area contributed by atoms with Crippen molar-refractivity contribution in [1.82, 2.24) is 19.9 Å². The van der Waals surface area contributed by atoms with Gasteiger partial charge < -0.3 is 4.90 Å². The van der Waals surface area contributed by atoms with E-state index >= 15 is 0 Å². The van der Waals surface area contributed by atoms with Gasteiger partial charge in [-0.2, -0.15) is 0 Å². The van der Waals surface area contributed by atoms with E-state index in [9.17, 15) is 0 Å². The Morgan fingerprint density at radius 3 is 1.34 bits per heavy atom. The average molecular weight is 602 g/mol. The van der Waals surface area contributed by atoms with E-state index in [-0.39, 0.29) is 0 Å². The van der Waals surface area contributed by atoms with Gasteiger partial charge >= 0.3 is 0 Å². The van der Waals surface area contributed by atoms with E-state index in [2.05, 4.69) is 136 Å². The van der Waals surface area contributed by atoms with E-state index in [0.717, 1.165) is 77.6 Å². The van der Waals surface area contributed by atoms with Gasteiger partial charge in [0.05, 0.1) is 33.1 Å². The minimum Gasteiger partial charge on any atom is -0.311 e. The lowest BCUT2D eigenvalue weighted by Crippen LogP contribution is -2.09.